The normalized spacial score (nSPS) is 10.3. The molecule has 6 nitrogen and oxygen atoms in total. The van der Waals surface area contributed by atoms with Gasteiger partial charge in [-0.1, -0.05) is 0 Å². The molecular formula is C8H5N3O3. The van der Waals surface area contributed by atoms with Crippen molar-refractivity contribution >= 4 is 23.0 Å². The minimum Gasteiger partial charge on any atom is -0.344 e. The van der Waals surface area contributed by atoms with E-state index >= 15 is 0 Å². The van der Waals surface area contributed by atoms with Gasteiger partial charge in [0.2, 0.25) is 0 Å². The standard InChI is InChI=1S/C8H5N3O3/c12-3-5-1-6-7(10-4-9-6)2-8(5)11(13)14/h1-4H,(H,9,10). The number of rotatable bonds is 2. The summed E-state index contributed by atoms with van der Waals surface area (Å²) in [5.41, 5.74) is 0.909. The fourth-order valence-electron chi connectivity index (χ4n) is 1.24. The number of benzene rings is 1. The molecule has 0 fully saturated rings. The number of carbonyl (C=O) groups excluding carboxylic acids is 1. The third-order valence-electron chi connectivity index (χ3n) is 1.89. The zero-order valence-electron chi connectivity index (χ0n) is 6.93. The number of hydrogen-bond donors (Lipinski definition) is 1. The van der Waals surface area contributed by atoms with Gasteiger partial charge in [0.25, 0.3) is 5.69 Å². The first-order chi connectivity index (χ1) is 6.72. The number of nitrogens with one attached hydrogen (secondary N) is 1. The number of hydrogen-bond acceptors (Lipinski definition) is 4. The van der Waals surface area contributed by atoms with Gasteiger partial charge in [0.05, 0.1) is 27.8 Å². The van der Waals surface area contributed by atoms with Crippen molar-refractivity contribution < 1.29 is 9.72 Å². The van der Waals surface area contributed by atoms with Gasteiger partial charge in [0.1, 0.15) is 0 Å². The van der Waals surface area contributed by atoms with Gasteiger partial charge in [-0.3, -0.25) is 14.9 Å². The lowest BCUT2D eigenvalue weighted by molar-refractivity contribution is -0.384. The summed E-state index contributed by atoms with van der Waals surface area (Å²) in [6.07, 6.45) is 1.87. The molecule has 0 unspecified atom stereocenters. The third kappa shape index (κ3) is 1.13. The van der Waals surface area contributed by atoms with E-state index in [2.05, 4.69) is 9.97 Å². The van der Waals surface area contributed by atoms with Crippen LogP contribution in [0.2, 0.25) is 0 Å². The molecule has 2 aromatic rings. The van der Waals surface area contributed by atoms with Gasteiger partial charge < -0.3 is 4.98 Å². The Balaban J connectivity index is 2.78. The van der Waals surface area contributed by atoms with E-state index in [-0.39, 0.29) is 11.3 Å². The number of imidazole rings is 1. The molecule has 14 heavy (non-hydrogen) atoms. The van der Waals surface area contributed by atoms with E-state index in [1.807, 2.05) is 0 Å². The topological polar surface area (TPSA) is 88.9 Å². The summed E-state index contributed by atoms with van der Waals surface area (Å²) in [5.74, 6) is 0. The smallest absolute Gasteiger partial charge is 0.282 e. The third-order valence-corrected chi connectivity index (χ3v) is 1.89. The van der Waals surface area contributed by atoms with E-state index in [4.69, 9.17) is 0 Å². The van der Waals surface area contributed by atoms with Crippen molar-refractivity contribution in [3.63, 3.8) is 0 Å². The number of fused-ring (bicyclic) bond motifs is 1. The Bertz CT molecular complexity index is 518. The molecular weight excluding hydrogens is 186 g/mol. The first-order valence-corrected chi connectivity index (χ1v) is 3.79. The van der Waals surface area contributed by atoms with Crippen molar-refractivity contribution in [2.24, 2.45) is 0 Å². The van der Waals surface area contributed by atoms with E-state index in [1.165, 1.54) is 18.5 Å². The predicted octanol–water partition coefficient (Wildman–Crippen LogP) is 1.28. The molecule has 0 aliphatic carbocycles. The fraction of sp³-hybridized carbons (Fsp3) is 0. The molecule has 2 rings (SSSR count). The van der Waals surface area contributed by atoms with Gasteiger partial charge in [-0.25, -0.2) is 4.98 Å². The van der Waals surface area contributed by atoms with Crippen LogP contribution in [-0.4, -0.2) is 21.2 Å². The first-order valence-electron chi connectivity index (χ1n) is 3.79. The van der Waals surface area contributed by atoms with Crippen LogP contribution in [0.25, 0.3) is 11.0 Å². The summed E-state index contributed by atoms with van der Waals surface area (Å²) in [6, 6.07) is 2.68. The largest absolute Gasteiger partial charge is 0.344 e. The molecule has 1 aromatic heterocycles. The maximum absolute atomic E-state index is 10.6. The number of H-pyrrole nitrogens is 1. The average Bonchev–Trinajstić information content (AvgIpc) is 2.62. The van der Waals surface area contributed by atoms with Crippen molar-refractivity contribution in [1.82, 2.24) is 9.97 Å². The highest BCUT2D eigenvalue weighted by Gasteiger charge is 2.15. The van der Waals surface area contributed by atoms with Crippen molar-refractivity contribution in [2.75, 3.05) is 0 Å². The number of carbonyl (C=O) groups is 1. The lowest BCUT2D eigenvalue weighted by Crippen LogP contribution is -1.94. The molecule has 0 aliphatic heterocycles. The maximum Gasteiger partial charge on any atom is 0.282 e. The highest BCUT2D eigenvalue weighted by atomic mass is 16.6. The minimum absolute atomic E-state index is 0.0367. The molecule has 1 heterocycles. The van der Waals surface area contributed by atoms with Gasteiger partial charge >= 0.3 is 0 Å². The van der Waals surface area contributed by atoms with Crippen LogP contribution in [0.3, 0.4) is 0 Å². The summed E-state index contributed by atoms with van der Waals surface area (Å²) < 4.78 is 0. The lowest BCUT2D eigenvalue weighted by Gasteiger charge is -1.94. The van der Waals surface area contributed by atoms with Crippen molar-refractivity contribution in [1.29, 1.82) is 0 Å². The number of aldehydes is 1. The summed E-state index contributed by atoms with van der Waals surface area (Å²) in [6.45, 7) is 0. The minimum atomic E-state index is -0.593. The number of nitro groups is 1. The van der Waals surface area contributed by atoms with Gasteiger partial charge in [0.15, 0.2) is 6.29 Å². The van der Waals surface area contributed by atoms with Crippen LogP contribution in [0.1, 0.15) is 10.4 Å². The monoisotopic (exact) mass is 191 g/mol. The molecule has 0 saturated carbocycles. The predicted molar refractivity (Wildman–Crippen MR) is 48.1 cm³/mol. The highest BCUT2D eigenvalue weighted by Crippen LogP contribution is 2.22. The second-order valence-electron chi connectivity index (χ2n) is 2.71. The Morgan fingerprint density at radius 2 is 2.29 bits per heavy atom. The van der Waals surface area contributed by atoms with Gasteiger partial charge in [-0.15, -0.1) is 0 Å². The molecule has 6 heteroatoms. The van der Waals surface area contributed by atoms with Gasteiger partial charge in [-0.05, 0) is 6.07 Å². The summed E-state index contributed by atoms with van der Waals surface area (Å²) in [4.78, 5) is 27.1. The van der Waals surface area contributed by atoms with E-state index in [0.29, 0.717) is 17.3 Å². The van der Waals surface area contributed by atoms with Crippen LogP contribution < -0.4 is 0 Å². The van der Waals surface area contributed by atoms with Gasteiger partial charge in [-0.2, -0.15) is 0 Å². The summed E-state index contributed by atoms with van der Waals surface area (Å²) >= 11 is 0. The Hall–Kier alpha value is -2.24. The van der Waals surface area contributed by atoms with Crippen LogP contribution in [-0.2, 0) is 0 Å². The molecule has 1 N–H and O–H groups in total. The molecule has 0 amide bonds. The zero-order valence-corrected chi connectivity index (χ0v) is 6.93. The molecule has 1 aromatic carbocycles. The SMILES string of the molecule is O=Cc1cc2nc[nH]c2cc1[N+](=O)[O-]. The van der Waals surface area contributed by atoms with E-state index in [0.717, 1.165) is 0 Å². The van der Waals surface area contributed by atoms with Crippen LogP contribution in [0.4, 0.5) is 5.69 Å². The van der Waals surface area contributed by atoms with E-state index in [9.17, 15) is 14.9 Å². The summed E-state index contributed by atoms with van der Waals surface area (Å²) in [7, 11) is 0. The second-order valence-corrected chi connectivity index (χ2v) is 2.71. The zero-order chi connectivity index (χ0) is 10.1. The number of aromatic nitrogens is 2. The van der Waals surface area contributed by atoms with E-state index < -0.39 is 4.92 Å². The van der Waals surface area contributed by atoms with Crippen LogP contribution in [0, 0.1) is 10.1 Å². The highest BCUT2D eigenvalue weighted by molar-refractivity contribution is 5.90. The summed E-state index contributed by atoms with van der Waals surface area (Å²) in [5, 5.41) is 10.6. The molecule has 0 radical (unpaired) electrons. The maximum atomic E-state index is 10.6. The van der Waals surface area contributed by atoms with Crippen LogP contribution >= 0.6 is 0 Å². The lowest BCUT2D eigenvalue weighted by atomic mass is 10.2. The van der Waals surface area contributed by atoms with Crippen molar-refractivity contribution in [3.05, 3.63) is 34.1 Å². The molecule has 70 valence electrons. The Labute approximate surface area is 77.7 Å². The number of nitrogens with zero attached hydrogens (tertiary/aromatic N) is 2. The Kier molecular flexibility index (Phi) is 1.74. The quantitative estimate of drug-likeness (QED) is 0.440. The van der Waals surface area contributed by atoms with Crippen molar-refractivity contribution in [2.45, 2.75) is 0 Å². The molecule has 0 aliphatic rings. The van der Waals surface area contributed by atoms with E-state index in [1.54, 1.807) is 0 Å². The fourth-order valence-corrected chi connectivity index (χ4v) is 1.24. The first kappa shape index (κ1) is 8.36. The van der Waals surface area contributed by atoms with Crippen LogP contribution in [0.5, 0.6) is 0 Å². The average molecular weight is 191 g/mol. The molecule has 0 spiro atoms. The number of nitro benzene ring substituents is 1. The second kappa shape index (κ2) is 2.91. The molecule has 0 bridgehead atoms. The van der Waals surface area contributed by atoms with Crippen molar-refractivity contribution in [3.8, 4) is 0 Å². The Morgan fingerprint density at radius 1 is 1.50 bits per heavy atom. The van der Waals surface area contributed by atoms with Crippen LogP contribution in [0.15, 0.2) is 18.5 Å². The van der Waals surface area contributed by atoms with Gasteiger partial charge in [0, 0.05) is 6.07 Å². The molecule has 0 atom stereocenters. The Morgan fingerprint density at radius 3 is 2.93 bits per heavy atom. The number of aromatic amines is 1. The molecule has 0 saturated heterocycles.